The Balaban J connectivity index is 1.36. The lowest BCUT2D eigenvalue weighted by Gasteiger charge is -2.30. The Kier molecular flexibility index (Phi) is 10.7. The highest BCUT2D eigenvalue weighted by molar-refractivity contribution is 9.10. The van der Waals surface area contributed by atoms with Gasteiger partial charge in [0.1, 0.15) is 24.6 Å². The Hall–Kier alpha value is -3.54. The van der Waals surface area contributed by atoms with Crippen molar-refractivity contribution >= 4 is 51.2 Å². The Morgan fingerprint density at radius 1 is 1.11 bits per heavy atom. The van der Waals surface area contributed by atoms with Crippen molar-refractivity contribution in [2.75, 3.05) is 11.9 Å². The topological polar surface area (TPSA) is 87.5 Å². The van der Waals surface area contributed by atoms with Gasteiger partial charge in [-0.2, -0.15) is 4.98 Å². The zero-order chi connectivity index (χ0) is 32.9. The fourth-order valence-electron chi connectivity index (χ4n) is 5.81. The standard InChI is InChI=1S/C35H35BrClFN4O4S/c1-3-44-29-18-24(17-27(36)32(29)45-19-22-13-15-25(37)16-14-22)31-30(33(43)46-26-10-5-4-6-11-26)21(2)39-34-40-35(41-42(31)34)47-20-23-9-7-8-12-28(23)38/h7-9,12-18,26,31H,3-6,10-11,19-20H2,1-2H3,(H,39,40,41). The summed E-state index contributed by atoms with van der Waals surface area (Å²) in [6.45, 7) is 4.45. The molecule has 1 aliphatic heterocycles. The van der Waals surface area contributed by atoms with Gasteiger partial charge in [0.25, 0.3) is 0 Å². The number of esters is 1. The molecular weight excluding hydrogens is 707 g/mol. The molecule has 1 N–H and O–H groups in total. The monoisotopic (exact) mass is 740 g/mol. The van der Waals surface area contributed by atoms with Crippen LogP contribution >= 0.6 is 39.3 Å². The molecule has 1 unspecified atom stereocenters. The van der Waals surface area contributed by atoms with E-state index in [1.165, 1.54) is 17.8 Å². The van der Waals surface area contributed by atoms with Crippen LogP contribution in [0.2, 0.25) is 5.02 Å². The zero-order valence-corrected chi connectivity index (χ0v) is 29.3. The van der Waals surface area contributed by atoms with Crippen LogP contribution in [0.15, 0.2) is 81.6 Å². The van der Waals surface area contributed by atoms with Crippen molar-refractivity contribution < 1.29 is 23.4 Å². The minimum absolute atomic E-state index is 0.129. The average molecular weight is 742 g/mol. The van der Waals surface area contributed by atoms with Gasteiger partial charge in [-0.15, -0.1) is 5.10 Å². The molecule has 0 bridgehead atoms. The van der Waals surface area contributed by atoms with Crippen molar-refractivity contribution in [2.45, 2.75) is 75.6 Å². The second-order valence-corrected chi connectivity index (χ2v) is 13.7. The smallest absolute Gasteiger partial charge is 0.338 e. The molecule has 0 radical (unpaired) electrons. The third-order valence-electron chi connectivity index (χ3n) is 8.14. The summed E-state index contributed by atoms with van der Waals surface area (Å²) in [7, 11) is 0. The molecule has 0 spiro atoms. The maximum atomic E-state index is 14.4. The van der Waals surface area contributed by atoms with E-state index in [1.54, 1.807) is 22.9 Å². The van der Waals surface area contributed by atoms with Crippen molar-refractivity contribution in [1.82, 2.24) is 14.8 Å². The number of thioether (sulfide) groups is 1. The third-order valence-corrected chi connectivity index (χ3v) is 9.86. The van der Waals surface area contributed by atoms with Crippen LogP contribution in [0.5, 0.6) is 11.5 Å². The van der Waals surface area contributed by atoms with Gasteiger partial charge in [-0.1, -0.05) is 60.1 Å². The maximum absolute atomic E-state index is 14.4. The number of aromatic nitrogens is 3. The van der Waals surface area contributed by atoms with E-state index in [4.69, 9.17) is 35.9 Å². The summed E-state index contributed by atoms with van der Waals surface area (Å²) in [6, 6.07) is 17.2. The number of anilines is 1. The number of carbonyl (C=O) groups excluding carboxylic acids is 1. The lowest BCUT2D eigenvalue weighted by Crippen LogP contribution is -2.32. The number of nitrogens with zero attached hydrogens (tertiary/aromatic N) is 3. The number of hydrogen-bond acceptors (Lipinski definition) is 8. The van der Waals surface area contributed by atoms with E-state index in [9.17, 15) is 9.18 Å². The van der Waals surface area contributed by atoms with Crippen LogP contribution in [-0.4, -0.2) is 33.4 Å². The summed E-state index contributed by atoms with van der Waals surface area (Å²) >= 11 is 11.1. The third kappa shape index (κ3) is 7.79. The van der Waals surface area contributed by atoms with E-state index in [0.29, 0.717) is 67.9 Å². The molecule has 246 valence electrons. The normalized spacial score (nSPS) is 16.4. The van der Waals surface area contributed by atoms with Gasteiger partial charge in [-0.3, -0.25) is 0 Å². The number of carbonyl (C=O) groups is 1. The van der Waals surface area contributed by atoms with Gasteiger partial charge >= 0.3 is 5.97 Å². The molecule has 4 aromatic rings. The minimum Gasteiger partial charge on any atom is -0.490 e. The van der Waals surface area contributed by atoms with Gasteiger partial charge in [0.05, 0.1) is 16.7 Å². The summed E-state index contributed by atoms with van der Waals surface area (Å²) in [5.41, 5.74) is 3.29. The summed E-state index contributed by atoms with van der Waals surface area (Å²) in [4.78, 5) is 18.7. The van der Waals surface area contributed by atoms with Gasteiger partial charge in [-0.05, 0) is 102 Å². The Labute approximate surface area is 291 Å². The maximum Gasteiger partial charge on any atom is 0.338 e. The van der Waals surface area contributed by atoms with Crippen molar-refractivity contribution in [2.24, 2.45) is 0 Å². The molecule has 2 aliphatic rings. The molecule has 6 rings (SSSR count). The van der Waals surface area contributed by atoms with Crippen LogP contribution in [0.1, 0.15) is 68.7 Å². The Bertz CT molecular complexity index is 1780. The predicted octanol–water partition coefficient (Wildman–Crippen LogP) is 9.27. The second kappa shape index (κ2) is 15.1. The van der Waals surface area contributed by atoms with E-state index in [1.807, 2.05) is 50.2 Å². The lowest BCUT2D eigenvalue weighted by molar-refractivity contribution is -0.146. The molecule has 3 aromatic carbocycles. The predicted molar refractivity (Wildman–Crippen MR) is 185 cm³/mol. The summed E-state index contributed by atoms with van der Waals surface area (Å²) < 4.78 is 35.1. The van der Waals surface area contributed by atoms with Crippen LogP contribution in [0.4, 0.5) is 10.3 Å². The molecule has 1 aliphatic carbocycles. The SMILES string of the molecule is CCOc1cc(C2C(C(=O)OC3CCCCC3)=C(C)Nc3nc(SCc4ccccc4F)nn32)cc(Br)c1OCc1ccc(Cl)cc1. The van der Waals surface area contributed by atoms with Gasteiger partial charge in [0, 0.05) is 16.5 Å². The van der Waals surface area contributed by atoms with Crippen molar-refractivity contribution in [3.63, 3.8) is 0 Å². The van der Waals surface area contributed by atoms with E-state index in [2.05, 4.69) is 21.2 Å². The Morgan fingerprint density at radius 3 is 2.62 bits per heavy atom. The molecule has 1 atom stereocenters. The van der Waals surface area contributed by atoms with Crippen LogP contribution in [0.3, 0.4) is 0 Å². The molecule has 47 heavy (non-hydrogen) atoms. The lowest BCUT2D eigenvalue weighted by atomic mass is 9.94. The van der Waals surface area contributed by atoms with E-state index >= 15 is 0 Å². The van der Waals surface area contributed by atoms with Gasteiger partial charge < -0.3 is 19.5 Å². The first-order chi connectivity index (χ1) is 22.8. The number of halogens is 3. The molecular formula is C35H35BrClFN4O4S. The van der Waals surface area contributed by atoms with E-state index in [0.717, 1.165) is 43.2 Å². The molecule has 0 saturated heterocycles. The van der Waals surface area contributed by atoms with Gasteiger partial charge in [-0.25, -0.2) is 13.9 Å². The largest absolute Gasteiger partial charge is 0.490 e. The highest BCUT2D eigenvalue weighted by atomic mass is 79.9. The average Bonchev–Trinajstić information content (AvgIpc) is 3.47. The zero-order valence-electron chi connectivity index (χ0n) is 26.1. The van der Waals surface area contributed by atoms with Crippen LogP contribution in [0, 0.1) is 5.82 Å². The van der Waals surface area contributed by atoms with Crippen LogP contribution in [-0.2, 0) is 21.9 Å². The van der Waals surface area contributed by atoms with Gasteiger partial charge in [0.2, 0.25) is 11.1 Å². The highest BCUT2D eigenvalue weighted by Crippen LogP contribution is 2.44. The molecule has 1 saturated carbocycles. The highest BCUT2D eigenvalue weighted by Gasteiger charge is 2.37. The first kappa shape index (κ1) is 33.4. The quantitative estimate of drug-likeness (QED) is 0.120. The molecule has 1 aromatic heterocycles. The first-order valence-corrected chi connectivity index (χ1v) is 17.8. The fraction of sp³-hybridized carbons (Fsp3) is 0.343. The number of ether oxygens (including phenoxy) is 3. The number of nitrogens with one attached hydrogen (secondary N) is 1. The molecule has 2 heterocycles. The summed E-state index contributed by atoms with van der Waals surface area (Å²) in [5.74, 6) is 1.19. The number of hydrogen-bond donors (Lipinski definition) is 1. The van der Waals surface area contributed by atoms with E-state index < -0.39 is 12.0 Å². The first-order valence-electron chi connectivity index (χ1n) is 15.7. The number of fused-ring (bicyclic) bond motifs is 1. The van der Waals surface area contributed by atoms with Crippen LogP contribution < -0.4 is 14.8 Å². The number of benzene rings is 3. The minimum atomic E-state index is -0.682. The Morgan fingerprint density at radius 2 is 1.87 bits per heavy atom. The van der Waals surface area contributed by atoms with Crippen molar-refractivity contribution in [3.05, 3.63) is 104 Å². The van der Waals surface area contributed by atoms with Crippen molar-refractivity contribution in [1.29, 1.82) is 0 Å². The van der Waals surface area contributed by atoms with E-state index in [-0.39, 0.29) is 11.9 Å². The molecule has 1 fully saturated rings. The number of rotatable bonds is 11. The summed E-state index contributed by atoms with van der Waals surface area (Å²) in [5, 5.41) is 9.19. The molecule has 12 heteroatoms. The molecule has 0 amide bonds. The van der Waals surface area contributed by atoms with Gasteiger partial charge in [0.15, 0.2) is 11.5 Å². The molecule has 8 nitrogen and oxygen atoms in total. The van der Waals surface area contributed by atoms with Crippen molar-refractivity contribution in [3.8, 4) is 11.5 Å². The second-order valence-electron chi connectivity index (χ2n) is 11.5. The fourth-order valence-corrected chi connectivity index (χ4v) is 7.32. The summed E-state index contributed by atoms with van der Waals surface area (Å²) in [6.07, 6.45) is 4.79. The number of allylic oxidation sites excluding steroid dienone is 1. The van der Waals surface area contributed by atoms with Crippen LogP contribution in [0.25, 0.3) is 0 Å².